The maximum absolute atomic E-state index is 13.7. The molecular weight excluding hydrogens is 615 g/mol. The number of carbonyl (C=O) groups is 3. The van der Waals surface area contributed by atoms with Gasteiger partial charge in [0.2, 0.25) is 0 Å². The molecule has 12 nitrogen and oxygen atoms in total. The van der Waals surface area contributed by atoms with E-state index in [4.69, 9.17) is 48.7 Å². The van der Waals surface area contributed by atoms with Crippen molar-refractivity contribution in [2.24, 2.45) is 5.73 Å². The second-order valence-corrected chi connectivity index (χ2v) is 8.91. The maximum atomic E-state index is 13.7. The summed E-state index contributed by atoms with van der Waals surface area (Å²) in [4.78, 5) is 45.9. The molecular formula is C24H20Cl2F4N6O6. The predicted molar refractivity (Wildman–Crippen MR) is 137 cm³/mol. The van der Waals surface area contributed by atoms with Gasteiger partial charge in [-0.15, -0.1) is 0 Å². The van der Waals surface area contributed by atoms with Crippen LogP contribution < -0.4 is 21.1 Å². The van der Waals surface area contributed by atoms with Gasteiger partial charge in [-0.2, -0.15) is 13.2 Å². The highest BCUT2D eigenvalue weighted by Crippen LogP contribution is 2.19. The zero-order chi connectivity index (χ0) is 31.5. The third kappa shape index (κ3) is 10.2. The number of nitrogens with zero attached hydrogens (tertiary/aromatic N) is 3. The van der Waals surface area contributed by atoms with E-state index < -0.39 is 36.2 Å². The number of aromatic nitrogens is 3. The zero-order valence-electron chi connectivity index (χ0n) is 21.0. The van der Waals surface area contributed by atoms with E-state index in [1.807, 2.05) is 0 Å². The highest BCUT2D eigenvalue weighted by molar-refractivity contribution is 6.30. The molecule has 224 valence electrons. The number of carboxylic acid groups (broad SMARTS) is 2. The summed E-state index contributed by atoms with van der Waals surface area (Å²) in [6, 6.07) is 10.8. The number of amidine groups is 1. The van der Waals surface area contributed by atoms with Gasteiger partial charge in [-0.1, -0.05) is 29.3 Å². The van der Waals surface area contributed by atoms with E-state index in [-0.39, 0.29) is 30.4 Å². The second-order valence-electron chi connectivity index (χ2n) is 8.03. The smallest absolute Gasteiger partial charge is 0.430 e. The fourth-order valence-corrected chi connectivity index (χ4v) is 3.18. The summed E-state index contributed by atoms with van der Waals surface area (Å²) in [5, 5.41) is 20.6. The fourth-order valence-electron chi connectivity index (χ4n) is 2.96. The number of ether oxygens (including phenoxy) is 1. The third-order valence-corrected chi connectivity index (χ3v) is 5.30. The van der Waals surface area contributed by atoms with Crippen LogP contribution in [0, 0.1) is 0 Å². The largest absolute Gasteiger partial charge is 0.542 e. The minimum Gasteiger partial charge on any atom is -0.542 e. The number of carboxylic acids is 2. The van der Waals surface area contributed by atoms with Crippen molar-refractivity contribution in [3.63, 3.8) is 0 Å². The van der Waals surface area contributed by atoms with Crippen molar-refractivity contribution in [2.45, 2.75) is 11.7 Å². The number of aliphatic carboxylic acids is 1. The molecule has 1 unspecified atom stereocenters. The summed E-state index contributed by atoms with van der Waals surface area (Å²) in [6.45, 7) is -0.482. The van der Waals surface area contributed by atoms with Gasteiger partial charge in [0.1, 0.15) is 36.5 Å². The van der Waals surface area contributed by atoms with E-state index in [0.29, 0.717) is 21.6 Å². The highest BCUT2D eigenvalue weighted by Gasteiger charge is 2.40. The Hall–Kier alpha value is -4.41. The molecule has 0 saturated heterocycles. The molecule has 1 aliphatic rings. The van der Waals surface area contributed by atoms with Crippen LogP contribution >= 0.6 is 23.2 Å². The quantitative estimate of drug-likeness (QED) is 0.291. The van der Waals surface area contributed by atoms with Crippen LogP contribution in [0.4, 0.5) is 23.4 Å². The number of hydrogen-bond acceptors (Lipinski definition) is 9. The Labute approximate surface area is 244 Å². The van der Waals surface area contributed by atoms with Gasteiger partial charge in [0.15, 0.2) is 5.54 Å². The van der Waals surface area contributed by atoms with Crippen molar-refractivity contribution in [1.29, 1.82) is 0 Å². The standard InChI is InChI=1S/C16H15ClFN5O2.C6H4ClNO2.C2HF3O2/c17-10-4-5-11(20-6-10)15(24)22-14-3-1-2-12(21-14)16(8-18)9-25-7-13(19)23-16;7-4-1-2-5(6(9)10)8-3-4;3-2(4,5)1(6)7/h1-6H,7-9H2,(H2,19,23)(H,21,22,24);1-3H,(H,9,10);(H,6,7). The molecule has 5 N–H and O–H groups in total. The average molecular weight is 635 g/mol. The number of halogens is 6. The lowest BCUT2D eigenvalue weighted by Crippen LogP contribution is -2.92. The molecule has 0 fully saturated rings. The number of pyridine rings is 3. The highest BCUT2D eigenvalue weighted by atomic mass is 35.5. The Morgan fingerprint density at radius 3 is 2.10 bits per heavy atom. The molecule has 0 saturated carbocycles. The lowest BCUT2D eigenvalue weighted by molar-refractivity contribution is -0.582. The fraction of sp³-hybridized carbons (Fsp3) is 0.208. The lowest BCUT2D eigenvalue weighted by Gasteiger charge is -2.27. The molecule has 0 aromatic carbocycles. The Morgan fingerprint density at radius 2 is 1.64 bits per heavy atom. The van der Waals surface area contributed by atoms with E-state index in [1.54, 1.807) is 24.3 Å². The first-order chi connectivity index (χ1) is 19.7. The summed E-state index contributed by atoms with van der Waals surface area (Å²) >= 11 is 11.2. The first kappa shape index (κ1) is 33.8. The SMILES string of the molecule is NC1=[NH+]C(CF)(c2cccc(NC(=O)c3ccc(Cl)cn3)n2)COC1.O=C(O)c1ccc(Cl)cn1.O=C([O-])C(F)(F)F. The van der Waals surface area contributed by atoms with Crippen molar-refractivity contribution in [1.82, 2.24) is 15.0 Å². The Balaban J connectivity index is 0.000000297. The summed E-state index contributed by atoms with van der Waals surface area (Å²) < 4.78 is 50.6. The molecule has 0 aliphatic carbocycles. The molecule has 18 heteroatoms. The molecule has 1 aliphatic heterocycles. The molecule has 1 atom stereocenters. The van der Waals surface area contributed by atoms with Crippen LogP contribution in [0.25, 0.3) is 0 Å². The summed E-state index contributed by atoms with van der Waals surface area (Å²) in [6.07, 6.45) is -2.52. The topological polar surface area (TPSA) is 194 Å². The number of hydrogen-bond donors (Lipinski definition) is 4. The average Bonchev–Trinajstić information content (AvgIpc) is 2.94. The Morgan fingerprint density at radius 1 is 1.07 bits per heavy atom. The first-order valence-corrected chi connectivity index (χ1v) is 12.0. The summed E-state index contributed by atoms with van der Waals surface area (Å²) in [7, 11) is 0. The van der Waals surface area contributed by atoms with Crippen molar-refractivity contribution in [3.8, 4) is 0 Å². The number of rotatable bonds is 5. The predicted octanol–water partition coefficient (Wildman–Crippen LogP) is 0.747. The summed E-state index contributed by atoms with van der Waals surface area (Å²) in [5.41, 5.74) is 5.12. The number of nitrogens with one attached hydrogen (secondary N) is 2. The van der Waals surface area contributed by atoms with E-state index in [2.05, 4.69) is 25.3 Å². The molecule has 0 bridgehead atoms. The van der Waals surface area contributed by atoms with Crippen LogP contribution in [-0.2, 0) is 15.1 Å². The van der Waals surface area contributed by atoms with Crippen molar-refractivity contribution < 1.29 is 51.9 Å². The number of amides is 1. The molecule has 3 aromatic heterocycles. The van der Waals surface area contributed by atoms with Gasteiger partial charge >= 0.3 is 12.1 Å². The van der Waals surface area contributed by atoms with Crippen molar-refractivity contribution in [3.05, 3.63) is 82.0 Å². The minimum absolute atomic E-state index is 0.00407. The maximum Gasteiger partial charge on any atom is 0.430 e. The van der Waals surface area contributed by atoms with E-state index in [1.165, 1.54) is 30.6 Å². The number of alkyl halides is 4. The monoisotopic (exact) mass is 634 g/mol. The molecule has 3 aromatic rings. The zero-order valence-corrected chi connectivity index (χ0v) is 22.5. The van der Waals surface area contributed by atoms with Gasteiger partial charge in [-0.3, -0.25) is 15.5 Å². The van der Waals surface area contributed by atoms with E-state index in [9.17, 15) is 27.2 Å². The van der Waals surface area contributed by atoms with E-state index >= 15 is 0 Å². The molecule has 42 heavy (non-hydrogen) atoms. The van der Waals surface area contributed by atoms with Crippen LogP contribution in [0.5, 0.6) is 0 Å². The van der Waals surface area contributed by atoms with Crippen LogP contribution in [0.3, 0.4) is 0 Å². The number of carbonyl (C=O) groups excluding carboxylic acids is 2. The van der Waals surface area contributed by atoms with Gasteiger partial charge in [-0.05, 0) is 36.4 Å². The molecule has 0 spiro atoms. The number of nitrogens with two attached hydrogens (primary N) is 1. The van der Waals surface area contributed by atoms with Crippen LogP contribution in [-0.4, -0.2) is 69.8 Å². The first-order valence-electron chi connectivity index (χ1n) is 11.2. The summed E-state index contributed by atoms with van der Waals surface area (Å²) in [5.74, 6) is -3.91. The molecule has 0 radical (unpaired) electrons. The van der Waals surface area contributed by atoms with Crippen molar-refractivity contribution >= 4 is 52.7 Å². The normalized spacial score (nSPS) is 16.0. The molecule has 1 amide bonds. The lowest BCUT2D eigenvalue weighted by atomic mass is 9.97. The van der Waals surface area contributed by atoms with Crippen LogP contribution in [0.2, 0.25) is 10.0 Å². The Bertz CT molecular complexity index is 1430. The van der Waals surface area contributed by atoms with Gasteiger partial charge in [0.05, 0.1) is 22.3 Å². The van der Waals surface area contributed by atoms with Gasteiger partial charge in [0, 0.05) is 12.4 Å². The van der Waals surface area contributed by atoms with Crippen LogP contribution in [0.1, 0.15) is 26.7 Å². The molecule has 4 heterocycles. The van der Waals surface area contributed by atoms with Gasteiger partial charge in [-0.25, -0.2) is 24.1 Å². The second kappa shape index (κ2) is 15.0. The number of anilines is 1. The third-order valence-electron chi connectivity index (χ3n) is 4.85. The number of aromatic carboxylic acids is 1. The van der Waals surface area contributed by atoms with Crippen LogP contribution in [0.15, 0.2) is 54.9 Å². The van der Waals surface area contributed by atoms with Gasteiger partial charge < -0.3 is 25.1 Å². The minimum atomic E-state index is -5.19. The Kier molecular flexibility index (Phi) is 12.1. The van der Waals surface area contributed by atoms with Gasteiger partial charge in [0.25, 0.3) is 11.7 Å². The van der Waals surface area contributed by atoms with E-state index in [0.717, 1.165) is 0 Å². The van der Waals surface area contributed by atoms with Crippen molar-refractivity contribution in [2.75, 3.05) is 25.2 Å². The molecule has 4 rings (SSSR count).